The van der Waals surface area contributed by atoms with Crippen molar-refractivity contribution in [3.05, 3.63) is 29.8 Å². The number of aliphatic carboxylic acids is 1. The third kappa shape index (κ3) is 2.92. The predicted octanol–water partition coefficient (Wildman–Crippen LogP) is 2.49. The summed E-state index contributed by atoms with van der Waals surface area (Å²) in [5.41, 5.74) is 0.0991. The van der Waals surface area contributed by atoms with E-state index in [-0.39, 0.29) is 5.69 Å². The van der Waals surface area contributed by atoms with Gasteiger partial charge in [-0.1, -0.05) is 0 Å². The minimum absolute atomic E-state index is 0.0991. The van der Waals surface area contributed by atoms with Gasteiger partial charge in [0, 0.05) is 12.1 Å². The van der Waals surface area contributed by atoms with Crippen molar-refractivity contribution < 1.29 is 18.7 Å². The molecule has 1 aromatic carbocycles. The quantitative estimate of drug-likeness (QED) is 0.833. The summed E-state index contributed by atoms with van der Waals surface area (Å²) >= 11 is 0. The molecule has 0 bridgehead atoms. The van der Waals surface area contributed by atoms with Crippen LogP contribution < -0.4 is 5.32 Å². The molecule has 0 aromatic heterocycles. The summed E-state index contributed by atoms with van der Waals surface area (Å²) in [5.74, 6) is -3.03. The summed E-state index contributed by atoms with van der Waals surface area (Å²) in [7, 11) is 0. The van der Waals surface area contributed by atoms with Crippen LogP contribution in [0.3, 0.4) is 0 Å². The molecule has 3 nitrogen and oxygen atoms in total. The van der Waals surface area contributed by atoms with Crippen LogP contribution in [0.25, 0.3) is 0 Å². The van der Waals surface area contributed by atoms with E-state index >= 15 is 0 Å². The third-order valence-corrected chi connectivity index (χ3v) is 2.45. The zero-order valence-electron chi connectivity index (χ0n) is 9.00. The first-order valence-corrected chi connectivity index (χ1v) is 4.86. The van der Waals surface area contributed by atoms with Gasteiger partial charge in [0.1, 0.15) is 11.6 Å². The fourth-order valence-electron chi connectivity index (χ4n) is 1.19. The molecule has 0 radical (unpaired) electrons. The van der Waals surface area contributed by atoms with Crippen molar-refractivity contribution in [2.75, 3.05) is 5.32 Å². The largest absolute Gasteiger partial charge is 0.481 e. The maximum Gasteiger partial charge on any atom is 0.308 e. The molecule has 0 spiro atoms. The van der Waals surface area contributed by atoms with Crippen LogP contribution in [0.4, 0.5) is 14.5 Å². The van der Waals surface area contributed by atoms with Crippen LogP contribution in [0.15, 0.2) is 18.2 Å². The van der Waals surface area contributed by atoms with Gasteiger partial charge in [-0.15, -0.1) is 0 Å². The second-order valence-electron chi connectivity index (χ2n) is 3.68. The molecule has 0 saturated heterocycles. The van der Waals surface area contributed by atoms with E-state index in [0.717, 1.165) is 12.1 Å². The standard InChI is InChI=1S/C11H13F2NO2/c1-6(11(15)16)7(2)14-10-4-3-8(12)5-9(10)13/h3-7,14H,1-2H3,(H,15,16). The van der Waals surface area contributed by atoms with Gasteiger partial charge >= 0.3 is 5.97 Å². The molecule has 0 amide bonds. The molecular weight excluding hydrogens is 216 g/mol. The lowest BCUT2D eigenvalue weighted by atomic mass is 10.0. The maximum atomic E-state index is 13.2. The Balaban J connectivity index is 2.77. The Kier molecular flexibility index (Phi) is 3.82. The Labute approximate surface area is 92.1 Å². The van der Waals surface area contributed by atoms with E-state index in [1.54, 1.807) is 6.92 Å². The molecule has 5 heteroatoms. The summed E-state index contributed by atoms with van der Waals surface area (Å²) in [6, 6.07) is 2.66. The summed E-state index contributed by atoms with van der Waals surface area (Å²) in [6.07, 6.45) is 0. The molecule has 0 heterocycles. The van der Waals surface area contributed by atoms with Crippen molar-refractivity contribution in [3.8, 4) is 0 Å². The van der Waals surface area contributed by atoms with Gasteiger partial charge in [-0.2, -0.15) is 0 Å². The molecule has 0 aliphatic carbocycles. The van der Waals surface area contributed by atoms with Gasteiger partial charge in [0.2, 0.25) is 0 Å². The number of anilines is 1. The summed E-state index contributed by atoms with van der Waals surface area (Å²) in [4.78, 5) is 10.7. The zero-order chi connectivity index (χ0) is 12.3. The number of carboxylic acid groups (broad SMARTS) is 1. The number of nitrogens with one attached hydrogen (secondary N) is 1. The van der Waals surface area contributed by atoms with Crippen molar-refractivity contribution in [1.82, 2.24) is 0 Å². The van der Waals surface area contributed by atoms with Crippen molar-refractivity contribution in [1.29, 1.82) is 0 Å². The molecule has 1 aromatic rings. The lowest BCUT2D eigenvalue weighted by Gasteiger charge is -2.19. The summed E-state index contributed by atoms with van der Waals surface area (Å²) in [6.45, 7) is 3.14. The molecule has 0 aliphatic rings. The average Bonchev–Trinajstić information content (AvgIpc) is 2.20. The Hall–Kier alpha value is -1.65. The minimum Gasteiger partial charge on any atom is -0.481 e. The Morgan fingerprint density at radius 2 is 2.00 bits per heavy atom. The monoisotopic (exact) mass is 229 g/mol. The van der Waals surface area contributed by atoms with Crippen LogP contribution in [-0.2, 0) is 4.79 Å². The van der Waals surface area contributed by atoms with Crippen molar-refractivity contribution in [3.63, 3.8) is 0 Å². The van der Waals surface area contributed by atoms with Gasteiger partial charge in [-0.3, -0.25) is 4.79 Å². The van der Waals surface area contributed by atoms with E-state index in [4.69, 9.17) is 5.11 Å². The van der Waals surface area contributed by atoms with Crippen LogP contribution >= 0.6 is 0 Å². The molecule has 2 unspecified atom stereocenters. The number of rotatable bonds is 4. The minimum atomic E-state index is -0.970. The van der Waals surface area contributed by atoms with Gasteiger partial charge in [-0.25, -0.2) is 8.78 Å². The van der Waals surface area contributed by atoms with Gasteiger partial charge in [0.15, 0.2) is 0 Å². The first-order valence-electron chi connectivity index (χ1n) is 4.86. The first-order chi connectivity index (χ1) is 7.41. The van der Waals surface area contributed by atoms with E-state index in [0.29, 0.717) is 0 Å². The number of carbonyl (C=O) groups is 1. The SMILES string of the molecule is CC(Nc1ccc(F)cc1F)C(C)C(=O)O. The second-order valence-corrected chi connectivity index (χ2v) is 3.68. The van der Waals surface area contributed by atoms with Crippen molar-refractivity contribution in [2.24, 2.45) is 5.92 Å². The fraction of sp³-hybridized carbons (Fsp3) is 0.364. The summed E-state index contributed by atoms with van der Waals surface area (Å²) in [5, 5.41) is 11.4. The molecule has 0 saturated carbocycles. The zero-order valence-corrected chi connectivity index (χ0v) is 9.00. The van der Waals surface area contributed by atoms with Gasteiger partial charge in [0.05, 0.1) is 11.6 Å². The third-order valence-electron chi connectivity index (χ3n) is 2.45. The molecular formula is C11H13F2NO2. The predicted molar refractivity (Wildman–Crippen MR) is 56.2 cm³/mol. The molecule has 1 rings (SSSR count). The van der Waals surface area contributed by atoms with Crippen LogP contribution in [0.5, 0.6) is 0 Å². The van der Waals surface area contributed by atoms with Crippen molar-refractivity contribution >= 4 is 11.7 Å². The topological polar surface area (TPSA) is 49.3 Å². The van der Waals surface area contributed by atoms with E-state index in [1.165, 1.54) is 13.0 Å². The molecule has 0 fully saturated rings. The molecule has 2 N–H and O–H groups in total. The number of hydrogen-bond donors (Lipinski definition) is 2. The normalized spacial score (nSPS) is 14.2. The lowest BCUT2D eigenvalue weighted by molar-refractivity contribution is -0.141. The molecule has 88 valence electrons. The second kappa shape index (κ2) is 4.92. The smallest absolute Gasteiger partial charge is 0.308 e. The first kappa shape index (κ1) is 12.4. The molecule has 16 heavy (non-hydrogen) atoms. The van der Waals surface area contributed by atoms with Crippen LogP contribution in [0, 0.1) is 17.6 Å². The average molecular weight is 229 g/mol. The van der Waals surface area contributed by atoms with Crippen LogP contribution in [0.1, 0.15) is 13.8 Å². The Morgan fingerprint density at radius 3 is 2.50 bits per heavy atom. The van der Waals surface area contributed by atoms with E-state index in [9.17, 15) is 13.6 Å². The highest BCUT2D eigenvalue weighted by atomic mass is 19.1. The van der Waals surface area contributed by atoms with Gasteiger partial charge < -0.3 is 10.4 Å². The highest BCUT2D eigenvalue weighted by Crippen LogP contribution is 2.18. The van der Waals surface area contributed by atoms with Crippen LogP contribution in [-0.4, -0.2) is 17.1 Å². The fourth-order valence-corrected chi connectivity index (χ4v) is 1.19. The van der Waals surface area contributed by atoms with Gasteiger partial charge in [-0.05, 0) is 26.0 Å². The van der Waals surface area contributed by atoms with E-state index in [2.05, 4.69) is 5.32 Å². The maximum absolute atomic E-state index is 13.2. The van der Waals surface area contributed by atoms with Gasteiger partial charge in [0.25, 0.3) is 0 Å². The number of hydrogen-bond acceptors (Lipinski definition) is 2. The number of halogens is 2. The highest BCUT2D eigenvalue weighted by molar-refractivity contribution is 5.71. The summed E-state index contributed by atoms with van der Waals surface area (Å²) < 4.78 is 25.8. The van der Waals surface area contributed by atoms with E-state index in [1.807, 2.05) is 0 Å². The van der Waals surface area contributed by atoms with E-state index < -0.39 is 29.6 Å². The Morgan fingerprint density at radius 1 is 1.38 bits per heavy atom. The highest BCUT2D eigenvalue weighted by Gasteiger charge is 2.20. The van der Waals surface area contributed by atoms with Crippen molar-refractivity contribution in [2.45, 2.75) is 19.9 Å². The lowest BCUT2D eigenvalue weighted by Crippen LogP contribution is -2.30. The Bertz CT molecular complexity index is 396. The number of carboxylic acids is 1. The van der Waals surface area contributed by atoms with Crippen LogP contribution in [0.2, 0.25) is 0 Å². The number of benzene rings is 1. The molecule has 2 atom stereocenters. The molecule has 0 aliphatic heterocycles.